The molecule has 0 bridgehead atoms. The van der Waals surface area contributed by atoms with Crippen molar-refractivity contribution < 1.29 is 0 Å². The molecule has 1 aromatic rings. The Morgan fingerprint density at radius 3 is 3.06 bits per heavy atom. The summed E-state index contributed by atoms with van der Waals surface area (Å²) in [6.07, 6.45) is 8.37. The molecule has 0 radical (unpaired) electrons. The van der Waals surface area contributed by atoms with Crippen molar-refractivity contribution in [3.05, 3.63) is 23.9 Å². The van der Waals surface area contributed by atoms with E-state index < -0.39 is 0 Å². The Labute approximate surface area is 104 Å². The van der Waals surface area contributed by atoms with E-state index in [9.17, 15) is 0 Å². The van der Waals surface area contributed by atoms with E-state index in [4.69, 9.17) is 5.73 Å². The Hall–Kier alpha value is -1.09. The monoisotopic (exact) mass is 233 g/mol. The van der Waals surface area contributed by atoms with Gasteiger partial charge < -0.3 is 10.6 Å². The van der Waals surface area contributed by atoms with Crippen LogP contribution in [-0.2, 0) is 6.54 Å². The van der Waals surface area contributed by atoms with Gasteiger partial charge >= 0.3 is 0 Å². The van der Waals surface area contributed by atoms with Gasteiger partial charge in [-0.3, -0.25) is 0 Å². The second-order valence-corrected chi connectivity index (χ2v) is 4.83. The fourth-order valence-corrected chi connectivity index (χ4v) is 2.65. The molecule has 2 rings (SSSR count). The lowest BCUT2D eigenvalue weighted by Gasteiger charge is -2.30. The number of pyridine rings is 1. The summed E-state index contributed by atoms with van der Waals surface area (Å²) in [6, 6.07) is 4.80. The van der Waals surface area contributed by atoms with Crippen LogP contribution in [0.2, 0.25) is 0 Å². The van der Waals surface area contributed by atoms with Crippen LogP contribution in [0.4, 0.5) is 5.82 Å². The molecule has 1 fully saturated rings. The molecule has 1 aromatic heterocycles. The number of nitrogens with zero attached hydrogens (tertiary/aromatic N) is 2. The van der Waals surface area contributed by atoms with E-state index >= 15 is 0 Å². The van der Waals surface area contributed by atoms with Crippen LogP contribution in [0.3, 0.4) is 0 Å². The van der Waals surface area contributed by atoms with Crippen molar-refractivity contribution in [3.63, 3.8) is 0 Å². The van der Waals surface area contributed by atoms with Crippen molar-refractivity contribution in [1.82, 2.24) is 4.98 Å². The van der Waals surface area contributed by atoms with Crippen LogP contribution in [0.5, 0.6) is 0 Å². The molecule has 2 N–H and O–H groups in total. The molecule has 2 heterocycles. The summed E-state index contributed by atoms with van der Waals surface area (Å²) in [5.41, 5.74) is 6.88. The van der Waals surface area contributed by atoms with Crippen LogP contribution in [0.1, 0.15) is 44.6 Å². The zero-order valence-corrected chi connectivity index (χ0v) is 10.7. The third kappa shape index (κ3) is 2.97. The highest BCUT2D eigenvalue weighted by atomic mass is 15.2. The van der Waals surface area contributed by atoms with E-state index in [2.05, 4.69) is 22.9 Å². The molecule has 17 heavy (non-hydrogen) atoms. The minimum atomic E-state index is 0.597. The van der Waals surface area contributed by atoms with Gasteiger partial charge in [0, 0.05) is 25.3 Å². The lowest BCUT2D eigenvalue weighted by atomic mass is 10.1. The quantitative estimate of drug-likeness (QED) is 0.872. The van der Waals surface area contributed by atoms with Crippen LogP contribution in [0.15, 0.2) is 18.3 Å². The molecule has 3 nitrogen and oxygen atoms in total. The van der Waals surface area contributed by atoms with E-state index in [1.807, 2.05) is 12.3 Å². The van der Waals surface area contributed by atoms with Crippen molar-refractivity contribution in [3.8, 4) is 0 Å². The SMILES string of the molecule is CCC1CCCCCN1c1cc(CN)ccn1. The molecule has 1 aliphatic rings. The summed E-state index contributed by atoms with van der Waals surface area (Å²) in [5.74, 6) is 1.11. The fraction of sp³-hybridized carbons (Fsp3) is 0.643. The minimum Gasteiger partial charge on any atom is -0.354 e. The molecule has 0 aromatic carbocycles. The number of rotatable bonds is 3. The smallest absolute Gasteiger partial charge is 0.129 e. The molecule has 1 saturated heterocycles. The van der Waals surface area contributed by atoms with E-state index in [1.54, 1.807) is 0 Å². The summed E-state index contributed by atoms with van der Waals surface area (Å²) >= 11 is 0. The Morgan fingerprint density at radius 2 is 2.29 bits per heavy atom. The van der Waals surface area contributed by atoms with E-state index in [0.717, 1.165) is 12.4 Å². The summed E-state index contributed by atoms with van der Waals surface area (Å²) < 4.78 is 0. The Bertz CT molecular complexity index is 351. The third-order valence-corrected chi connectivity index (χ3v) is 3.69. The first-order chi connectivity index (χ1) is 8.35. The number of hydrogen-bond donors (Lipinski definition) is 1. The van der Waals surface area contributed by atoms with Gasteiger partial charge in [-0.15, -0.1) is 0 Å². The predicted octanol–water partition coefficient (Wildman–Crippen LogP) is 2.70. The molecule has 0 aliphatic carbocycles. The molecular formula is C14H23N3. The van der Waals surface area contributed by atoms with Crippen molar-refractivity contribution in [1.29, 1.82) is 0 Å². The van der Waals surface area contributed by atoms with Crippen molar-refractivity contribution in [2.24, 2.45) is 5.73 Å². The van der Waals surface area contributed by atoms with Crippen LogP contribution >= 0.6 is 0 Å². The standard InChI is InChI=1S/C14H23N3/c1-2-13-6-4-3-5-9-17(13)14-10-12(11-15)7-8-16-14/h7-8,10,13H,2-6,9,11,15H2,1H3. The minimum absolute atomic E-state index is 0.597. The average Bonchev–Trinajstić information content (AvgIpc) is 2.63. The highest BCUT2D eigenvalue weighted by Crippen LogP contribution is 2.24. The van der Waals surface area contributed by atoms with Gasteiger partial charge in [0.1, 0.15) is 5.82 Å². The van der Waals surface area contributed by atoms with Crippen LogP contribution in [0, 0.1) is 0 Å². The molecule has 94 valence electrons. The highest BCUT2D eigenvalue weighted by Gasteiger charge is 2.20. The lowest BCUT2D eigenvalue weighted by Crippen LogP contribution is -2.35. The fourth-order valence-electron chi connectivity index (χ4n) is 2.65. The van der Waals surface area contributed by atoms with Crippen molar-refractivity contribution in [2.45, 2.75) is 51.6 Å². The molecule has 0 spiro atoms. The van der Waals surface area contributed by atoms with Gasteiger partial charge in [0.15, 0.2) is 0 Å². The van der Waals surface area contributed by atoms with Crippen molar-refractivity contribution >= 4 is 5.82 Å². The lowest BCUT2D eigenvalue weighted by molar-refractivity contribution is 0.552. The first-order valence-electron chi connectivity index (χ1n) is 6.76. The second kappa shape index (κ2) is 6.01. The van der Waals surface area contributed by atoms with Gasteiger partial charge in [-0.25, -0.2) is 4.98 Å². The summed E-state index contributed by atoms with van der Waals surface area (Å²) in [4.78, 5) is 7.00. The molecule has 0 amide bonds. The zero-order valence-electron chi connectivity index (χ0n) is 10.7. The molecule has 0 saturated carbocycles. The van der Waals surface area contributed by atoms with E-state index in [0.29, 0.717) is 12.6 Å². The van der Waals surface area contributed by atoms with Crippen LogP contribution < -0.4 is 10.6 Å². The van der Waals surface area contributed by atoms with Crippen molar-refractivity contribution in [2.75, 3.05) is 11.4 Å². The molecule has 3 heteroatoms. The van der Waals surface area contributed by atoms with Gasteiger partial charge in [0.25, 0.3) is 0 Å². The summed E-state index contributed by atoms with van der Waals surface area (Å²) in [5, 5.41) is 0. The molecule has 1 atom stereocenters. The first kappa shape index (κ1) is 12.4. The number of aromatic nitrogens is 1. The molecular weight excluding hydrogens is 210 g/mol. The highest BCUT2D eigenvalue weighted by molar-refractivity contribution is 5.42. The van der Waals surface area contributed by atoms with Gasteiger partial charge in [0.2, 0.25) is 0 Å². The largest absolute Gasteiger partial charge is 0.354 e. The van der Waals surface area contributed by atoms with Gasteiger partial charge in [-0.2, -0.15) is 0 Å². The third-order valence-electron chi connectivity index (χ3n) is 3.69. The number of anilines is 1. The maximum atomic E-state index is 5.70. The van der Waals surface area contributed by atoms with E-state index in [-0.39, 0.29) is 0 Å². The first-order valence-corrected chi connectivity index (χ1v) is 6.76. The topological polar surface area (TPSA) is 42.1 Å². The second-order valence-electron chi connectivity index (χ2n) is 4.83. The normalized spacial score (nSPS) is 21.3. The maximum Gasteiger partial charge on any atom is 0.129 e. The predicted molar refractivity (Wildman–Crippen MR) is 72.0 cm³/mol. The number of nitrogens with two attached hydrogens (primary N) is 1. The maximum absolute atomic E-state index is 5.70. The van der Waals surface area contributed by atoms with Crippen LogP contribution in [-0.4, -0.2) is 17.6 Å². The van der Waals surface area contributed by atoms with Gasteiger partial charge in [-0.1, -0.05) is 19.8 Å². The van der Waals surface area contributed by atoms with Crippen LogP contribution in [0.25, 0.3) is 0 Å². The Morgan fingerprint density at radius 1 is 1.41 bits per heavy atom. The molecule has 1 unspecified atom stereocenters. The van der Waals surface area contributed by atoms with Gasteiger partial charge in [-0.05, 0) is 37.0 Å². The Kier molecular flexibility index (Phi) is 4.37. The molecule has 1 aliphatic heterocycles. The Balaban J connectivity index is 2.21. The number of hydrogen-bond acceptors (Lipinski definition) is 3. The summed E-state index contributed by atoms with van der Waals surface area (Å²) in [6.45, 7) is 4.01. The summed E-state index contributed by atoms with van der Waals surface area (Å²) in [7, 11) is 0. The average molecular weight is 233 g/mol. The zero-order chi connectivity index (χ0) is 12.1. The van der Waals surface area contributed by atoms with Gasteiger partial charge in [0.05, 0.1) is 0 Å². The van der Waals surface area contributed by atoms with E-state index in [1.165, 1.54) is 37.7 Å².